The predicted molar refractivity (Wildman–Crippen MR) is 73.3 cm³/mol. The summed E-state index contributed by atoms with van der Waals surface area (Å²) in [6.07, 6.45) is 5.48. The zero-order valence-corrected chi connectivity index (χ0v) is 12.0. The van der Waals surface area contributed by atoms with E-state index < -0.39 is 0 Å². The minimum Gasteiger partial charge on any atom is -0.383 e. The van der Waals surface area contributed by atoms with E-state index in [2.05, 4.69) is 31.2 Å². The monoisotopic (exact) mass is 242 g/mol. The highest BCUT2D eigenvalue weighted by Gasteiger charge is 2.29. The summed E-state index contributed by atoms with van der Waals surface area (Å²) in [7, 11) is 6.10. The summed E-state index contributed by atoms with van der Waals surface area (Å²) in [5, 5.41) is 3.50. The first kappa shape index (κ1) is 14.9. The minimum atomic E-state index is 0.711. The Labute approximate surface area is 107 Å². The summed E-state index contributed by atoms with van der Waals surface area (Å²) in [6.45, 7) is 5.41. The van der Waals surface area contributed by atoms with Gasteiger partial charge >= 0.3 is 0 Å². The van der Waals surface area contributed by atoms with Crippen molar-refractivity contribution in [3.8, 4) is 0 Å². The summed E-state index contributed by atoms with van der Waals surface area (Å²) in [4.78, 5) is 2.41. The van der Waals surface area contributed by atoms with Gasteiger partial charge in [0, 0.05) is 26.2 Å². The van der Waals surface area contributed by atoms with Gasteiger partial charge in [-0.05, 0) is 45.2 Å². The number of ether oxygens (including phenoxy) is 1. The Balaban J connectivity index is 2.40. The lowest BCUT2D eigenvalue weighted by Crippen LogP contribution is -2.44. The Bertz CT molecular complexity index is 199. The molecule has 0 spiro atoms. The third-order valence-electron chi connectivity index (χ3n) is 4.26. The summed E-state index contributed by atoms with van der Waals surface area (Å²) < 4.78 is 5.14. The van der Waals surface area contributed by atoms with Gasteiger partial charge in [-0.25, -0.2) is 0 Å². The van der Waals surface area contributed by atoms with Crippen molar-refractivity contribution in [2.45, 2.75) is 38.6 Å². The maximum Gasteiger partial charge on any atom is 0.0589 e. The average Bonchev–Trinajstić information content (AvgIpc) is 2.36. The molecule has 1 aliphatic carbocycles. The average molecular weight is 242 g/mol. The Morgan fingerprint density at radius 1 is 1.35 bits per heavy atom. The van der Waals surface area contributed by atoms with Crippen LogP contribution in [0.15, 0.2) is 0 Å². The molecule has 0 aliphatic heterocycles. The molecule has 1 fully saturated rings. The third-order valence-corrected chi connectivity index (χ3v) is 4.26. The standard InChI is InChI=1S/C14H30N2O/c1-5-12-6-7-14(15-2)13(10-12)11-16(3)8-9-17-4/h12-15H,5-11H2,1-4H3. The van der Waals surface area contributed by atoms with Crippen molar-refractivity contribution >= 4 is 0 Å². The summed E-state index contributed by atoms with van der Waals surface area (Å²) in [5.74, 6) is 1.75. The molecule has 3 nitrogen and oxygen atoms in total. The lowest BCUT2D eigenvalue weighted by atomic mass is 9.76. The Hall–Kier alpha value is -0.120. The Kier molecular flexibility index (Phi) is 7.09. The van der Waals surface area contributed by atoms with Gasteiger partial charge in [0.15, 0.2) is 0 Å². The van der Waals surface area contributed by atoms with Gasteiger partial charge < -0.3 is 15.0 Å². The second kappa shape index (κ2) is 8.06. The molecule has 17 heavy (non-hydrogen) atoms. The second-order valence-corrected chi connectivity index (χ2v) is 5.50. The van der Waals surface area contributed by atoms with Crippen LogP contribution in [0, 0.1) is 11.8 Å². The molecule has 3 heteroatoms. The molecule has 0 aromatic heterocycles. The van der Waals surface area contributed by atoms with E-state index in [4.69, 9.17) is 4.74 Å². The molecule has 0 bridgehead atoms. The highest BCUT2D eigenvalue weighted by molar-refractivity contribution is 4.85. The highest BCUT2D eigenvalue weighted by atomic mass is 16.5. The number of hydrogen-bond donors (Lipinski definition) is 1. The fourth-order valence-corrected chi connectivity index (χ4v) is 3.05. The van der Waals surface area contributed by atoms with E-state index in [0.29, 0.717) is 6.04 Å². The molecule has 3 atom stereocenters. The summed E-state index contributed by atoms with van der Waals surface area (Å²) in [6, 6.07) is 0.711. The predicted octanol–water partition coefficient (Wildman–Crippen LogP) is 1.98. The van der Waals surface area contributed by atoms with E-state index in [0.717, 1.165) is 25.0 Å². The van der Waals surface area contributed by atoms with Crippen molar-refractivity contribution in [2.24, 2.45) is 11.8 Å². The van der Waals surface area contributed by atoms with E-state index in [1.54, 1.807) is 7.11 Å². The van der Waals surface area contributed by atoms with Gasteiger partial charge in [-0.1, -0.05) is 13.3 Å². The Morgan fingerprint density at radius 2 is 2.12 bits per heavy atom. The largest absolute Gasteiger partial charge is 0.383 e. The van der Waals surface area contributed by atoms with Crippen LogP contribution in [0.4, 0.5) is 0 Å². The summed E-state index contributed by atoms with van der Waals surface area (Å²) in [5.41, 5.74) is 0. The van der Waals surface area contributed by atoms with Gasteiger partial charge in [-0.3, -0.25) is 0 Å². The van der Waals surface area contributed by atoms with Gasteiger partial charge in [-0.15, -0.1) is 0 Å². The molecule has 1 N–H and O–H groups in total. The third kappa shape index (κ3) is 4.94. The molecule has 1 saturated carbocycles. The van der Waals surface area contributed by atoms with Gasteiger partial charge in [0.2, 0.25) is 0 Å². The van der Waals surface area contributed by atoms with Gasteiger partial charge in [0.05, 0.1) is 6.61 Å². The highest BCUT2D eigenvalue weighted by Crippen LogP contribution is 2.31. The van der Waals surface area contributed by atoms with Crippen molar-refractivity contribution in [1.82, 2.24) is 10.2 Å². The molecule has 0 radical (unpaired) electrons. The van der Waals surface area contributed by atoms with Crippen LogP contribution in [0.1, 0.15) is 32.6 Å². The van der Waals surface area contributed by atoms with E-state index in [1.165, 1.54) is 32.2 Å². The molecule has 0 saturated heterocycles. The number of nitrogens with one attached hydrogen (secondary N) is 1. The van der Waals surface area contributed by atoms with Crippen molar-refractivity contribution < 1.29 is 4.74 Å². The van der Waals surface area contributed by atoms with Crippen LogP contribution in [-0.2, 0) is 4.74 Å². The quantitative estimate of drug-likeness (QED) is 0.739. The Morgan fingerprint density at radius 3 is 2.71 bits per heavy atom. The van der Waals surface area contributed by atoms with Crippen LogP contribution >= 0.6 is 0 Å². The van der Waals surface area contributed by atoms with E-state index in [1.807, 2.05) is 0 Å². The lowest BCUT2D eigenvalue weighted by molar-refractivity contribution is 0.123. The smallest absolute Gasteiger partial charge is 0.0589 e. The van der Waals surface area contributed by atoms with Gasteiger partial charge in [0.1, 0.15) is 0 Å². The molecule has 3 unspecified atom stereocenters. The molecule has 0 aromatic rings. The zero-order valence-electron chi connectivity index (χ0n) is 12.0. The number of likely N-dealkylation sites (N-methyl/N-ethyl adjacent to an activating group) is 1. The molecule has 1 aliphatic rings. The topological polar surface area (TPSA) is 24.5 Å². The van der Waals surface area contributed by atoms with Crippen molar-refractivity contribution in [3.05, 3.63) is 0 Å². The van der Waals surface area contributed by atoms with Crippen molar-refractivity contribution in [1.29, 1.82) is 0 Å². The van der Waals surface area contributed by atoms with E-state index in [-0.39, 0.29) is 0 Å². The zero-order chi connectivity index (χ0) is 12.7. The van der Waals surface area contributed by atoms with Gasteiger partial charge in [-0.2, -0.15) is 0 Å². The number of hydrogen-bond acceptors (Lipinski definition) is 3. The SMILES string of the molecule is CCC1CCC(NC)C(CN(C)CCOC)C1. The maximum atomic E-state index is 5.14. The molecule has 102 valence electrons. The second-order valence-electron chi connectivity index (χ2n) is 5.50. The van der Waals surface area contributed by atoms with Crippen LogP contribution in [0.3, 0.4) is 0 Å². The van der Waals surface area contributed by atoms with Crippen molar-refractivity contribution in [2.75, 3.05) is 40.9 Å². The number of nitrogens with zero attached hydrogens (tertiary/aromatic N) is 1. The molecular formula is C14H30N2O. The molecule has 0 amide bonds. The molecule has 1 rings (SSSR count). The van der Waals surface area contributed by atoms with Crippen LogP contribution in [0.25, 0.3) is 0 Å². The fraction of sp³-hybridized carbons (Fsp3) is 1.00. The maximum absolute atomic E-state index is 5.14. The molecule has 0 heterocycles. The number of methoxy groups -OCH3 is 1. The van der Waals surface area contributed by atoms with Crippen LogP contribution in [0.2, 0.25) is 0 Å². The van der Waals surface area contributed by atoms with Crippen LogP contribution in [-0.4, -0.2) is 51.8 Å². The van der Waals surface area contributed by atoms with E-state index >= 15 is 0 Å². The number of rotatable bonds is 7. The lowest BCUT2D eigenvalue weighted by Gasteiger charge is -2.37. The van der Waals surface area contributed by atoms with Crippen molar-refractivity contribution in [3.63, 3.8) is 0 Å². The van der Waals surface area contributed by atoms with Crippen LogP contribution < -0.4 is 5.32 Å². The first-order valence-corrected chi connectivity index (χ1v) is 7.06. The first-order chi connectivity index (χ1) is 8.21. The van der Waals surface area contributed by atoms with Gasteiger partial charge in [0.25, 0.3) is 0 Å². The molecule has 0 aromatic carbocycles. The summed E-state index contributed by atoms with van der Waals surface area (Å²) >= 11 is 0. The minimum absolute atomic E-state index is 0.711. The molecular weight excluding hydrogens is 212 g/mol. The van der Waals surface area contributed by atoms with Crippen LogP contribution in [0.5, 0.6) is 0 Å². The van der Waals surface area contributed by atoms with E-state index in [9.17, 15) is 0 Å². The first-order valence-electron chi connectivity index (χ1n) is 7.06. The normalized spacial score (nSPS) is 29.8. The fourth-order valence-electron chi connectivity index (χ4n) is 3.05.